The van der Waals surface area contributed by atoms with E-state index in [1.807, 2.05) is 6.92 Å². The van der Waals surface area contributed by atoms with E-state index in [4.69, 9.17) is 0 Å². The van der Waals surface area contributed by atoms with Crippen LogP contribution >= 0.6 is 0 Å². The molecule has 0 unspecified atom stereocenters. The summed E-state index contributed by atoms with van der Waals surface area (Å²) >= 11 is 0. The van der Waals surface area contributed by atoms with E-state index >= 15 is 0 Å². The lowest BCUT2D eigenvalue weighted by Gasteiger charge is -2.34. The monoisotopic (exact) mass is 332 g/mol. The Morgan fingerprint density at radius 2 is 2.00 bits per heavy atom. The number of nitrogens with zero attached hydrogens (tertiary/aromatic N) is 7. The molecule has 2 aromatic heterocycles. The Morgan fingerprint density at radius 3 is 2.71 bits per heavy atom. The number of carbonyl (C=O) groups is 1. The van der Waals surface area contributed by atoms with Crippen molar-refractivity contribution in [3.8, 4) is 0 Å². The highest BCUT2D eigenvalue weighted by Gasteiger charge is 2.23. The van der Waals surface area contributed by atoms with Crippen LogP contribution in [0.15, 0.2) is 6.33 Å². The standard InChI is InChI=1S/C15H24N8O/c1-3-5-16-12(24)10-21-6-8-22(9-7-21)14-13-15(18-11-17-14)23(4-2)20-19-13/h11H,3-10H2,1-2H3,(H,16,24). The molecule has 0 radical (unpaired) electrons. The van der Waals surface area contributed by atoms with Crippen molar-refractivity contribution >= 4 is 22.9 Å². The molecule has 0 aliphatic carbocycles. The summed E-state index contributed by atoms with van der Waals surface area (Å²) in [5.74, 6) is 0.926. The topological polar surface area (TPSA) is 92.1 Å². The van der Waals surface area contributed by atoms with E-state index in [2.05, 4.69) is 42.3 Å². The molecule has 0 saturated carbocycles. The van der Waals surface area contributed by atoms with Crippen molar-refractivity contribution < 1.29 is 4.79 Å². The number of hydrogen-bond acceptors (Lipinski definition) is 7. The van der Waals surface area contributed by atoms with Crippen molar-refractivity contribution in [2.75, 3.05) is 44.2 Å². The van der Waals surface area contributed by atoms with Crippen LogP contribution in [0.5, 0.6) is 0 Å². The average Bonchev–Trinajstić information content (AvgIpc) is 3.04. The Kier molecular flexibility index (Phi) is 5.19. The maximum absolute atomic E-state index is 11.8. The van der Waals surface area contributed by atoms with Crippen LogP contribution in [0.3, 0.4) is 0 Å². The van der Waals surface area contributed by atoms with Gasteiger partial charge in [0.1, 0.15) is 6.33 Å². The van der Waals surface area contributed by atoms with Crippen LogP contribution in [0.2, 0.25) is 0 Å². The molecule has 1 fully saturated rings. The third-order valence-corrected chi connectivity index (χ3v) is 4.19. The van der Waals surface area contributed by atoms with Crippen LogP contribution in [0.1, 0.15) is 20.3 Å². The van der Waals surface area contributed by atoms with Crippen molar-refractivity contribution in [3.63, 3.8) is 0 Å². The molecule has 9 nitrogen and oxygen atoms in total. The second kappa shape index (κ2) is 7.52. The maximum atomic E-state index is 11.8. The van der Waals surface area contributed by atoms with E-state index in [0.717, 1.165) is 62.7 Å². The van der Waals surface area contributed by atoms with Gasteiger partial charge < -0.3 is 10.2 Å². The van der Waals surface area contributed by atoms with Crippen molar-refractivity contribution in [2.24, 2.45) is 0 Å². The van der Waals surface area contributed by atoms with E-state index in [0.29, 0.717) is 6.54 Å². The van der Waals surface area contributed by atoms with Gasteiger partial charge in [-0.05, 0) is 13.3 Å². The predicted octanol–water partition coefficient (Wildman–Crippen LogP) is -0.111. The number of aryl methyl sites for hydroxylation is 1. The van der Waals surface area contributed by atoms with Crippen molar-refractivity contribution in [3.05, 3.63) is 6.33 Å². The first-order chi connectivity index (χ1) is 11.7. The minimum Gasteiger partial charge on any atom is -0.355 e. The summed E-state index contributed by atoms with van der Waals surface area (Å²) < 4.78 is 1.77. The van der Waals surface area contributed by atoms with E-state index in [1.54, 1.807) is 11.0 Å². The van der Waals surface area contributed by atoms with Crippen molar-refractivity contribution in [1.82, 2.24) is 35.2 Å². The Morgan fingerprint density at radius 1 is 1.21 bits per heavy atom. The van der Waals surface area contributed by atoms with Crippen LogP contribution < -0.4 is 10.2 Å². The Hall–Kier alpha value is -2.29. The molecular formula is C15H24N8O. The van der Waals surface area contributed by atoms with Gasteiger partial charge in [0.05, 0.1) is 6.54 Å². The van der Waals surface area contributed by atoms with Crippen LogP contribution in [0.25, 0.3) is 11.2 Å². The fourth-order valence-electron chi connectivity index (χ4n) is 2.87. The second-order valence-corrected chi connectivity index (χ2v) is 5.89. The Labute approximate surface area is 141 Å². The van der Waals surface area contributed by atoms with Gasteiger partial charge in [-0.1, -0.05) is 12.1 Å². The van der Waals surface area contributed by atoms with Gasteiger partial charge >= 0.3 is 0 Å². The van der Waals surface area contributed by atoms with E-state index in [1.165, 1.54) is 0 Å². The van der Waals surface area contributed by atoms with Crippen LogP contribution in [0.4, 0.5) is 5.82 Å². The zero-order chi connectivity index (χ0) is 16.9. The summed E-state index contributed by atoms with van der Waals surface area (Å²) in [6.45, 7) is 9.27. The normalized spacial score (nSPS) is 15.8. The third-order valence-electron chi connectivity index (χ3n) is 4.19. The molecule has 0 spiro atoms. The molecule has 1 N–H and O–H groups in total. The molecule has 24 heavy (non-hydrogen) atoms. The molecule has 0 bridgehead atoms. The van der Waals surface area contributed by atoms with E-state index in [-0.39, 0.29) is 5.91 Å². The summed E-state index contributed by atoms with van der Waals surface area (Å²) in [5, 5.41) is 11.3. The number of fused-ring (bicyclic) bond motifs is 1. The summed E-state index contributed by atoms with van der Waals surface area (Å²) in [4.78, 5) is 24.9. The summed E-state index contributed by atoms with van der Waals surface area (Å²) in [7, 11) is 0. The van der Waals surface area contributed by atoms with Gasteiger partial charge in [-0.15, -0.1) is 5.10 Å². The minimum atomic E-state index is 0.0978. The summed E-state index contributed by atoms with van der Waals surface area (Å²) in [5.41, 5.74) is 1.51. The smallest absolute Gasteiger partial charge is 0.234 e. The lowest BCUT2D eigenvalue weighted by atomic mass is 10.3. The highest BCUT2D eigenvalue weighted by atomic mass is 16.2. The molecule has 3 rings (SSSR count). The molecule has 130 valence electrons. The number of piperazine rings is 1. The van der Waals surface area contributed by atoms with Crippen molar-refractivity contribution in [1.29, 1.82) is 0 Å². The quantitative estimate of drug-likeness (QED) is 0.789. The molecule has 9 heteroatoms. The zero-order valence-corrected chi connectivity index (χ0v) is 14.3. The van der Waals surface area contributed by atoms with Gasteiger partial charge in [-0.3, -0.25) is 9.69 Å². The minimum absolute atomic E-state index is 0.0978. The first-order valence-electron chi connectivity index (χ1n) is 8.51. The number of carbonyl (C=O) groups excluding carboxylic acids is 1. The molecule has 2 aromatic rings. The fraction of sp³-hybridized carbons (Fsp3) is 0.667. The highest BCUT2D eigenvalue weighted by molar-refractivity contribution is 5.82. The molecular weight excluding hydrogens is 308 g/mol. The fourth-order valence-corrected chi connectivity index (χ4v) is 2.87. The molecule has 1 amide bonds. The number of nitrogens with one attached hydrogen (secondary N) is 1. The largest absolute Gasteiger partial charge is 0.355 e. The van der Waals surface area contributed by atoms with Gasteiger partial charge in [0, 0.05) is 39.3 Å². The first kappa shape index (κ1) is 16.6. The van der Waals surface area contributed by atoms with Gasteiger partial charge in [0.25, 0.3) is 0 Å². The number of hydrogen-bond donors (Lipinski definition) is 1. The lowest BCUT2D eigenvalue weighted by molar-refractivity contribution is -0.122. The number of rotatable bonds is 6. The molecule has 1 saturated heterocycles. The van der Waals surface area contributed by atoms with Gasteiger partial charge in [-0.2, -0.15) is 0 Å². The van der Waals surface area contributed by atoms with Crippen LogP contribution in [0, 0.1) is 0 Å². The molecule has 1 aliphatic heterocycles. The average molecular weight is 332 g/mol. The van der Waals surface area contributed by atoms with Crippen molar-refractivity contribution in [2.45, 2.75) is 26.8 Å². The van der Waals surface area contributed by atoms with E-state index < -0.39 is 0 Å². The first-order valence-corrected chi connectivity index (χ1v) is 8.51. The molecule has 0 aromatic carbocycles. The molecule has 0 atom stereocenters. The third kappa shape index (κ3) is 3.45. The maximum Gasteiger partial charge on any atom is 0.234 e. The zero-order valence-electron chi connectivity index (χ0n) is 14.3. The highest BCUT2D eigenvalue weighted by Crippen LogP contribution is 2.21. The van der Waals surface area contributed by atoms with Gasteiger partial charge in [0.2, 0.25) is 5.91 Å². The molecule has 3 heterocycles. The van der Waals surface area contributed by atoms with E-state index in [9.17, 15) is 4.79 Å². The summed E-state index contributed by atoms with van der Waals surface area (Å²) in [6.07, 6.45) is 2.53. The summed E-state index contributed by atoms with van der Waals surface area (Å²) in [6, 6.07) is 0. The van der Waals surface area contributed by atoms with Gasteiger partial charge in [0.15, 0.2) is 17.0 Å². The number of aromatic nitrogens is 5. The Bertz CT molecular complexity index is 692. The lowest BCUT2D eigenvalue weighted by Crippen LogP contribution is -2.49. The van der Waals surface area contributed by atoms with Crippen LogP contribution in [-0.2, 0) is 11.3 Å². The Balaban J connectivity index is 1.63. The predicted molar refractivity (Wildman–Crippen MR) is 90.7 cm³/mol. The second-order valence-electron chi connectivity index (χ2n) is 5.89. The number of amides is 1. The van der Waals surface area contributed by atoms with Gasteiger partial charge in [-0.25, -0.2) is 14.6 Å². The SMILES string of the molecule is CCCNC(=O)CN1CCN(c2ncnc3c2nnn3CC)CC1. The van der Waals surface area contributed by atoms with Crippen LogP contribution in [-0.4, -0.2) is 75.0 Å². The molecule has 1 aliphatic rings. The number of anilines is 1.